The van der Waals surface area contributed by atoms with Gasteiger partial charge in [0.25, 0.3) is 5.91 Å². The largest absolute Gasteiger partial charge is 0.462 e. The van der Waals surface area contributed by atoms with Gasteiger partial charge < -0.3 is 15.0 Å². The Balaban J connectivity index is 2.35. The van der Waals surface area contributed by atoms with Gasteiger partial charge >= 0.3 is 5.97 Å². The van der Waals surface area contributed by atoms with E-state index in [1.54, 1.807) is 24.8 Å². The first-order valence-corrected chi connectivity index (χ1v) is 10.7. The Morgan fingerprint density at radius 2 is 1.93 bits per heavy atom. The Bertz CT molecular complexity index is 865. The van der Waals surface area contributed by atoms with E-state index in [0.717, 1.165) is 16.2 Å². The SMILES string of the molecule is CCOC(=O)c1c(NC(=O)C=Cc2cccs2)sc(C(=O)N(CC)CC)c1C. The number of rotatable bonds is 8. The van der Waals surface area contributed by atoms with Crippen molar-refractivity contribution in [2.24, 2.45) is 0 Å². The van der Waals surface area contributed by atoms with Gasteiger partial charge in [-0.3, -0.25) is 9.59 Å². The van der Waals surface area contributed by atoms with E-state index in [2.05, 4.69) is 5.32 Å². The summed E-state index contributed by atoms with van der Waals surface area (Å²) in [6, 6.07) is 3.80. The number of carbonyl (C=O) groups is 3. The van der Waals surface area contributed by atoms with E-state index in [1.807, 2.05) is 31.4 Å². The molecular weight excluding hydrogens is 396 g/mol. The molecule has 0 bridgehead atoms. The highest BCUT2D eigenvalue weighted by molar-refractivity contribution is 7.18. The maximum atomic E-state index is 12.8. The minimum atomic E-state index is -0.549. The van der Waals surface area contributed by atoms with Gasteiger partial charge in [-0.05, 0) is 50.8 Å². The fraction of sp³-hybridized carbons (Fsp3) is 0.350. The Kier molecular flexibility index (Phi) is 7.95. The summed E-state index contributed by atoms with van der Waals surface area (Å²) in [5.41, 5.74) is 0.762. The molecule has 150 valence electrons. The fourth-order valence-corrected chi connectivity index (χ4v) is 4.39. The van der Waals surface area contributed by atoms with Crippen LogP contribution >= 0.6 is 22.7 Å². The molecule has 0 saturated heterocycles. The average Bonchev–Trinajstić information content (AvgIpc) is 3.29. The summed E-state index contributed by atoms with van der Waals surface area (Å²) in [5, 5.41) is 4.98. The molecule has 2 aromatic heterocycles. The molecule has 0 aliphatic heterocycles. The summed E-state index contributed by atoms with van der Waals surface area (Å²) in [6.45, 7) is 8.54. The van der Waals surface area contributed by atoms with Gasteiger partial charge in [-0.15, -0.1) is 22.7 Å². The molecule has 2 aromatic rings. The van der Waals surface area contributed by atoms with Gasteiger partial charge in [0.15, 0.2) is 0 Å². The van der Waals surface area contributed by atoms with Crippen LogP contribution in [0.2, 0.25) is 0 Å². The van der Waals surface area contributed by atoms with Crippen LogP contribution in [0.25, 0.3) is 6.08 Å². The molecule has 0 fully saturated rings. The molecule has 0 spiro atoms. The van der Waals surface area contributed by atoms with Crippen molar-refractivity contribution in [1.82, 2.24) is 4.90 Å². The Labute approximate surface area is 172 Å². The fourth-order valence-electron chi connectivity index (χ4n) is 2.61. The molecule has 0 aliphatic rings. The highest BCUT2D eigenvalue weighted by Crippen LogP contribution is 2.34. The second-order valence-corrected chi connectivity index (χ2v) is 7.80. The molecule has 0 radical (unpaired) electrons. The molecule has 28 heavy (non-hydrogen) atoms. The smallest absolute Gasteiger partial charge is 0.341 e. The third-order valence-electron chi connectivity index (χ3n) is 4.05. The number of anilines is 1. The maximum Gasteiger partial charge on any atom is 0.341 e. The van der Waals surface area contributed by atoms with Crippen LogP contribution in [0.15, 0.2) is 23.6 Å². The molecule has 2 amide bonds. The van der Waals surface area contributed by atoms with Gasteiger partial charge in [0, 0.05) is 24.0 Å². The summed E-state index contributed by atoms with van der Waals surface area (Å²) in [7, 11) is 0. The molecule has 0 aliphatic carbocycles. The maximum absolute atomic E-state index is 12.8. The summed E-state index contributed by atoms with van der Waals surface area (Å²) < 4.78 is 5.13. The molecule has 2 rings (SSSR count). The molecule has 0 unspecified atom stereocenters. The second-order valence-electron chi connectivity index (χ2n) is 5.80. The van der Waals surface area contributed by atoms with Crippen molar-refractivity contribution >= 4 is 51.5 Å². The number of esters is 1. The first kappa shape index (κ1) is 21.8. The van der Waals surface area contributed by atoms with E-state index in [1.165, 1.54) is 17.4 Å². The molecular formula is C20H24N2O4S2. The molecule has 1 N–H and O–H groups in total. The lowest BCUT2D eigenvalue weighted by molar-refractivity contribution is -0.111. The van der Waals surface area contributed by atoms with Crippen molar-refractivity contribution in [2.45, 2.75) is 27.7 Å². The summed E-state index contributed by atoms with van der Waals surface area (Å²) in [6.07, 6.45) is 3.11. The number of hydrogen-bond acceptors (Lipinski definition) is 6. The number of carbonyl (C=O) groups excluding carboxylic acids is 3. The number of nitrogens with one attached hydrogen (secondary N) is 1. The molecule has 0 aromatic carbocycles. The van der Waals surface area contributed by atoms with Gasteiger partial charge in [0.2, 0.25) is 5.91 Å². The zero-order valence-electron chi connectivity index (χ0n) is 16.4. The van der Waals surface area contributed by atoms with Crippen LogP contribution in [0.1, 0.15) is 51.2 Å². The molecule has 2 heterocycles. The lowest BCUT2D eigenvalue weighted by Gasteiger charge is -2.18. The van der Waals surface area contributed by atoms with Crippen LogP contribution in [-0.2, 0) is 9.53 Å². The van der Waals surface area contributed by atoms with Crippen molar-refractivity contribution in [3.63, 3.8) is 0 Å². The van der Waals surface area contributed by atoms with E-state index >= 15 is 0 Å². The van der Waals surface area contributed by atoms with Crippen molar-refractivity contribution in [1.29, 1.82) is 0 Å². The van der Waals surface area contributed by atoms with Gasteiger partial charge in [-0.2, -0.15) is 0 Å². The first-order chi connectivity index (χ1) is 13.4. The zero-order chi connectivity index (χ0) is 20.7. The van der Waals surface area contributed by atoms with Gasteiger partial charge in [0.1, 0.15) is 5.00 Å². The average molecular weight is 421 g/mol. The predicted octanol–water partition coefficient (Wildman–Crippen LogP) is 4.43. The first-order valence-electron chi connectivity index (χ1n) is 9.05. The van der Waals surface area contributed by atoms with E-state index in [-0.39, 0.29) is 24.0 Å². The van der Waals surface area contributed by atoms with Crippen LogP contribution in [-0.4, -0.2) is 42.4 Å². The summed E-state index contributed by atoms with van der Waals surface area (Å²) in [5.74, 6) is -1.08. The van der Waals surface area contributed by atoms with Crippen LogP contribution in [0.3, 0.4) is 0 Å². The van der Waals surface area contributed by atoms with Gasteiger partial charge in [-0.1, -0.05) is 6.07 Å². The molecule has 0 atom stereocenters. The van der Waals surface area contributed by atoms with E-state index in [0.29, 0.717) is 28.5 Å². The molecule has 0 saturated carbocycles. The Morgan fingerprint density at radius 3 is 2.50 bits per heavy atom. The highest BCUT2D eigenvalue weighted by Gasteiger charge is 2.27. The van der Waals surface area contributed by atoms with Crippen molar-refractivity contribution in [3.8, 4) is 0 Å². The monoisotopic (exact) mass is 420 g/mol. The lowest BCUT2D eigenvalue weighted by atomic mass is 10.1. The number of hydrogen-bond donors (Lipinski definition) is 1. The number of nitrogens with zero attached hydrogens (tertiary/aromatic N) is 1. The lowest BCUT2D eigenvalue weighted by Crippen LogP contribution is -2.30. The third-order valence-corrected chi connectivity index (χ3v) is 6.08. The highest BCUT2D eigenvalue weighted by atomic mass is 32.1. The minimum absolute atomic E-state index is 0.160. The van der Waals surface area contributed by atoms with Gasteiger partial charge in [0.05, 0.1) is 17.0 Å². The summed E-state index contributed by atoms with van der Waals surface area (Å²) >= 11 is 2.62. The topological polar surface area (TPSA) is 75.7 Å². The Hall–Kier alpha value is -2.45. The van der Waals surface area contributed by atoms with E-state index in [9.17, 15) is 14.4 Å². The number of ether oxygens (including phenoxy) is 1. The number of amides is 2. The summed E-state index contributed by atoms with van der Waals surface area (Å²) in [4.78, 5) is 40.6. The van der Waals surface area contributed by atoms with Crippen molar-refractivity contribution in [3.05, 3.63) is 44.5 Å². The Morgan fingerprint density at radius 1 is 1.21 bits per heavy atom. The normalized spacial score (nSPS) is 10.9. The predicted molar refractivity (Wildman–Crippen MR) is 114 cm³/mol. The van der Waals surface area contributed by atoms with Crippen LogP contribution < -0.4 is 5.32 Å². The zero-order valence-corrected chi connectivity index (χ0v) is 18.0. The third kappa shape index (κ3) is 5.08. The standard InChI is InChI=1S/C20H24N2O4S2/c1-5-22(6-2)19(24)17-13(4)16(20(25)26-7-3)18(28-17)21-15(23)11-10-14-9-8-12-27-14/h8-12H,5-7H2,1-4H3,(H,21,23). The second kappa shape index (κ2) is 10.2. The molecule has 6 nitrogen and oxygen atoms in total. The quantitative estimate of drug-likeness (QED) is 0.506. The van der Waals surface area contributed by atoms with Crippen LogP contribution in [0.4, 0.5) is 5.00 Å². The van der Waals surface area contributed by atoms with Crippen LogP contribution in [0, 0.1) is 6.92 Å². The number of thiophene rings is 2. The van der Waals surface area contributed by atoms with E-state index < -0.39 is 5.97 Å². The van der Waals surface area contributed by atoms with Crippen molar-refractivity contribution in [2.75, 3.05) is 25.0 Å². The van der Waals surface area contributed by atoms with E-state index in [4.69, 9.17) is 4.74 Å². The van der Waals surface area contributed by atoms with Crippen molar-refractivity contribution < 1.29 is 19.1 Å². The van der Waals surface area contributed by atoms with Crippen LogP contribution in [0.5, 0.6) is 0 Å². The molecule has 8 heteroatoms. The van der Waals surface area contributed by atoms with Gasteiger partial charge in [-0.25, -0.2) is 4.79 Å². The minimum Gasteiger partial charge on any atom is -0.462 e.